The Morgan fingerprint density at radius 2 is 2.00 bits per heavy atom. The van der Waals surface area contributed by atoms with Crippen molar-refractivity contribution in [2.24, 2.45) is 0 Å². The van der Waals surface area contributed by atoms with Crippen LogP contribution in [0, 0.1) is 0 Å². The maximum Gasteiger partial charge on any atom is 0.336 e. The number of morpholine rings is 1. The molecule has 2 amide bonds. The average molecular weight is 344 g/mol. The van der Waals surface area contributed by atoms with Crippen molar-refractivity contribution < 1.29 is 19.4 Å². The summed E-state index contributed by atoms with van der Waals surface area (Å²) in [6.07, 6.45) is 0. The zero-order chi connectivity index (χ0) is 14.5. The summed E-state index contributed by atoms with van der Waals surface area (Å²) in [4.78, 5) is 22.8. The number of hydrogen-bond acceptors (Lipinski definition) is 4. The first-order valence-electron chi connectivity index (χ1n) is 5.99. The molecule has 1 aliphatic rings. The molecule has 7 nitrogen and oxygen atoms in total. The Bertz CT molecular complexity index is 517. The summed E-state index contributed by atoms with van der Waals surface area (Å²) in [5.74, 6) is -1.06. The topological polar surface area (TPSA) is 90.9 Å². The fourth-order valence-electron chi connectivity index (χ4n) is 1.74. The molecule has 1 heterocycles. The number of nitrogens with zero attached hydrogens (tertiary/aromatic N) is 1. The maximum atomic E-state index is 11.8. The summed E-state index contributed by atoms with van der Waals surface area (Å²) in [7, 11) is 0. The van der Waals surface area contributed by atoms with Gasteiger partial charge in [-0.1, -0.05) is 0 Å². The lowest BCUT2D eigenvalue weighted by atomic mass is 10.2. The molecule has 1 fully saturated rings. The zero-order valence-corrected chi connectivity index (χ0v) is 12.1. The number of hydrazine groups is 1. The van der Waals surface area contributed by atoms with Gasteiger partial charge in [0.25, 0.3) is 0 Å². The molecule has 1 aromatic rings. The van der Waals surface area contributed by atoms with Gasteiger partial charge in [-0.05, 0) is 34.1 Å². The molecule has 108 valence electrons. The van der Waals surface area contributed by atoms with Crippen molar-refractivity contribution in [3.63, 3.8) is 0 Å². The third kappa shape index (κ3) is 3.92. The van der Waals surface area contributed by atoms with Gasteiger partial charge in [-0.15, -0.1) is 0 Å². The summed E-state index contributed by atoms with van der Waals surface area (Å²) in [5.41, 5.74) is 3.18. The van der Waals surface area contributed by atoms with E-state index >= 15 is 0 Å². The number of rotatable bonds is 3. The van der Waals surface area contributed by atoms with Crippen LogP contribution in [0.2, 0.25) is 0 Å². The van der Waals surface area contributed by atoms with Gasteiger partial charge in [-0.2, -0.15) is 0 Å². The number of carbonyl (C=O) groups is 2. The minimum atomic E-state index is -1.06. The van der Waals surface area contributed by atoms with Crippen LogP contribution in [0.1, 0.15) is 10.4 Å². The molecule has 0 atom stereocenters. The van der Waals surface area contributed by atoms with E-state index in [4.69, 9.17) is 9.84 Å². The SMILES string of the molecule is O=C(Nc1ccc(Br)c(C(=O)O)c1)NN1CCOCC1. The van der Waals surface area contributed by atoms with Crippen LogP contribution in [0.15, 0.2) is 22.7 Å². The van der Waals surface area contributed by atoms with Crippen molar-refractivity contribution >= 4 is 33.6 Å². The number of benzene rings is 1. The van der Waals surface area contributed by atoms with Crippen molar-refractivity contribution in [2.75, 3.05) is 31.6 Å². The van der Waals surface area contributed by atoms with Crippen LogP contribution in [-0.2, 0) is 4.74 Å². The van der Waals surface area contributed by atoms with Crippen LogP contribution < -0.4 is 10.7 Å². The van der Waals surface area contributed by atoms with Gasteiger partial charge in [-0.25, -0.2) is 14.6 Å². The summed E-state index contributed by atoms with van der Waals surface area (Å²) in [6.45, 7) is 2.38. The first-order chi connectivity index (χ1) is 9.56. The fraction of sp³-hybridized carbons (Fsp3) is 0.333. The normalized spacial score (nSPS) is 15.7. The van der Waals surface area contributed by atoms with E-state index in [9.17, 15) is 9.59 Å². The van der Waals surface area contributed by atoms with E-state index < -0.39 is 12.0 Å². The van der Waals surface area contributed by atoms with E-state index in [2.05, 4.69) is 26.7 Å². The second kappa shape index (κ2) is 6.69. The lowest BCUT2D eigenvalue weighted by Gasteiger charge is -2.26. The molecule has 3 N–H and O–H groups in total. The van der Waals surface area contributed by atoms with Crippen molar-refractivity contribution in [1.29, 1.82) is 0 Å². The Labute approximate surface area is 124 Å². The number of ether oxygens (including phenoxy) is 1. The number of aromatic carboxylic acids is 1. The molecule has 1 saturated heterocycles. The predicted molar refractivity (Wildman–Crippen MR) is 75.6 cm³/mol. The monoisotopic (exact) mass is 343 g/mol. The van der Waals surface area contributed by atoms with Crippen LogP contribution >= 0.6 is 15.9 Å². The van der Waals surface area contributed by atoms with E-state index in [0.717, 1.165) is 0 Å². The number of anilines is 1. The number of carboxylic acid groups (broad SMARTS) is 1. The van der Waals surface area contributed by atoms with E-state index in [1.54, 1.807) is 17.1 Å². The molecule has 8 heteroatoms. The molecular weight excluding hydrogens is 330 g/mol. The Morgan fingerprint density at radius 1 is 1.30 bits per heavy atom. The maximum absolute atomic E-state index is 11.8. The highest BCUT2D eigenvalue weighted by Gasteiger charge is 2.14. The number of hydrogen-bond donors (Lipinski definition) is 3. The van der Waals surface area contributed by atoms with Crippen molar-refractivity contribution in [3.8, 4) is 0 Å². The predicted octanol–water partition coefficient (Wildman–Crippen LogP) is 1.52. The van der Waals surface area contributed by atoms with E-state index in [1.807, 2.05) is 0 Å². The Morgan fingerprint density at radius 3 is 2.65 bits per heavy atom. The van der Waals surface area contributed by atoms with Gasteiger partial charge in [0.05, 0.1) is 18.8 Å². The lowest BCUT2D eigenvalue weighted by Crippen LogP contribution is -2.49. The number of amides is 2. The molecule has 0 radical (unpaired) electrons. The smallest absolute Gasteiger partial charge is 0.336 e. The molecule has 20 heavy (non-hydrogen) atoms. The quantitative estimate of drug-likeness (QED) is 0.773. The van der Waals surface area contributed by atoms with Gasteiger partial charge in [-0.3, -0.25) is 5.43 Å². The minimum Gasteiger partial charge on any atom is -0.478 e. The summed E-state index contributed by atoms with van der Waals surface area (Å²) >= 11 is 3.15. The summed E-state index contributed by atoms with van der Waals surface area (Å²) < 4.78 is 5.63. The van der Waals surface area contributed by atoms with Crippen LogP contribution in [0.4, 0.5) is 10.5 Å². The molecule has 0 saturated carbocycles. The third-order valence-electron chi connectivity index (χ3n) is 2.73. The van der Waals surface area contributed by atoms with E-state index in [1.165, 1.54) is 6.07 Å². The standard InChI is InChI=1S/C12H14BrN3O4/c13-10-2-1-8(7-9(10)11(17)18)14-12(19)15-16-3-5-20-6-4-16/h1-2,7H,3-6H2,(H,17,18)(H2,14,15,19). The Kier molecular flexibility index (Phi) is 4.94. The molecule has 1 aliphatic heterocycles. The number of carboxylic acids is 1. The molecule has 0 aliphatic carbocycles. The third-order valence-corrected chi connectivity index (χ3v) is 3.42. The number of carbonyl (C=O) groups excluding carboxylic acids is 1. The Balaban J connectivity index is 1.96. The molecule has 0 spiro atoms. The van der Waals surface area contributed by atoms with Gasteiger partial charge < -0.3 is 15.2 Å². The highest BCUT2D eigenvalue weighted by molar-refractivity contribution is 9.10. The minimum absolute atomic E-state index is 0.0918. The first kappa shape index (κ1) is 14.8. The number of halogens is 1. The molecule has 0 unspecified atom stereocenters. The molecule has 1 aromatic carbocycles. The molecule has 0 bridgehead atoms. The van der Waals surface area contributed by atoms with Crippen LogP contribution in [0.5, 0.6) is 0 Å². The molecular formula is C12H14BrN3O4. The lowest BCUT2D eigenvalue weighted by molar-refractivity contribution is 0.0207. The van der Waals surface area contributed by atoms with Gasteiger partial charge >= 0.3 is 12.0 Å². The zero-order valence-electron chi connectivity index (χ0n) is 10.6. The van der Waals surface area contributed by atoms with Gasteiger partial charge in [0.1, 0.15) is 0 Å². The van der Waals surface area contributed by atoms with Crippen LogP contribution in [0.25, 0.3) is 0 Å². The first-order valence-corrected chi connectivity index (χ1v) is 6.79. The van der Waals surface area contributed by atoms with Crippen molar-refractivity contribution in [2.45, 2.75) is 0 Å². The summed E-state index contributed by atoms with van der Waals surface area (Å²) in [6, 6.07) is 4.18. The number of urea groups is 1. The second-order valence-corrected chi connectivity index (χ2v) is 5.02. The largest absolute Gasteiger partial charge is 0.478 e. The highest BCUT2D eigenvalue weighted by Crippen LogP contribution is 2.21. The van der Waals surface area contributed by atoms with E-state index in [-0.39, 0.29) is 5.56 Å². The van der Waals surface area contributed by atoms with Crippen molar-refractivity contribution in [3.05, 3.63) is 28.2 Å². The van der Waals surface area contributed by atoms with E-state index in [0.29, 0.717) is 36.5 Å². The van der Waals surface area contributed by atoms with Gasteiger partial charge in [0.2, 0.25) is 0 Å². The van der Waals surface area contributed by atoms with Crippen LogP contribution in [-0.4, -0.2) is 48.4 Å². The fourth-order valence-corrected chi connectivity index (χ4v) is 2.16. The second-order valence-electron chi connectivity index (χ2n) is 4.17. The molecule has 0 aromatic heterocycles. The average Bonchev–Trinajstić information content (AvgIpc) is 2.41. The molecule has 2 rings (SSSR count). The van der Waals surface area contributed by atoms with Crippen molar-refractivity contribution in [1.82, 2.24) is 10.4 Å². The van der Waals surface area contributed by atoms with Gasteiger partial charge in [0.15, 0.2) is 0 Å². The summed E-state index contributed by atoms with van der Waals surface area (Å²) in [5, 5.41) is 13.3. The number of nitrogens with one attached hydrogen (secondary N) is 2. The highest BCUT2D eigenvalue weighted by atomic mass is 79.9. The van der Waals surface area contributed by atoms with Gasteiger partial charge in [0, 0.05) is 23.2 Å². The van der Waals surface area contributed by atoms with Crippen LogP contribution in [0.3, 0.4) is 0 Å². The Hall–Kier alpha value is -1.64.